The number of halogens is 1. The van der Waals surface area contributed by atoms with Gasteiger partial charge in [0.15, 0.2) is 4.73 Å². The van der Waals surface area contributed by atoms with Crippen LogP contribution >= 0.6 is 15.9 Å². The zero-order valence-electron chi connectivity index (χ0n) is 9.59. The van der Waals surface area contributed by atoms with E-state index in [-0.39, 0.29) is 5.95 Å². The zero-order chi connectivity index (χ0) is 13.1. The van der Waals surface area contributed by atoms with Crippen molar-refractivity contribution in [3.05, 3.63) is 34.1 Å². The zero-order valence-corrected chi connectivity index (χ0v) is 11.2. The van der Waals surface area contributed by atoms with Crippen molar-refractivity contribution in [1.82, 2.24) is 14.8 Å². The standard InChI is InChI=1S/C11H10BrN5O/c1-18-9-4-7(2-3-8(9)5-13)6-17-10(12)15-11(14)16-17/h2-4H,6H2,1H3,(H2,14,16). The van der Waals surface area contributed by atoms with Crippen LogP contribution in [-0.2, 0) is 6.54 Å². The Morgan fingerprint density at radius 1 is 1.56 bits per heavy atom. The monoisotopic (exact) mass is 307 g/mol. The van der Waals surface area contributed by atoms with Gasteiger partial charge in [-0.25, -0.2) is 4.68 Å². The minimum absolute atomic E-state index is 0.211. The lowest BCUT2D eigenvalue weighted by Gasteiger charge is -2.06. The predicted molar refractivity (Wildman–Crippen MR) is 68.9 cm³/mol. The van der Waals surface area contributed by atoms with Crippen LogP contribution in [0.3, 0.4) is 0 Å². The maximum absolute atomic E-state index is 8.90. The summed E-state index contributed by atoms with van der Waals surface area (Å²) in [7, 11) is 1.53. The van der Waals surface area contributed by atoms with Gasteiger partial charge in [-0.2, -0.15) is 10.2 Å². The lowest BCUT2D eigenvalue weighted by Crippen LogP contribution is -2.03. The van der Waals surface area contributed by atoms with Gasteiger partial charge < -0.3 is 10.5 Å². The number of nitrogens with two attached hydrogens (primary N) is 1. The molecule has 0 aliphatic carbocycles. The van der Waals surface area contributed by atoms with Crippen LogP contribution in [-0.4, -0.2) is 21.9 Å². The van der Waals surface area contributed by atoms with Gasteiger partial charge in [0.25, 0.3) is 0 Å². The molecule has 1 aromatic carbocycles. The van der Waals surface area contributed by atoms with E-state index in [0.717, 1.165) is 5.56 Å². The SMILES string of the molecule is COc1cc(Cn2nc(N)nc2Br)ccc1C#N. The van der Waals surface area contributed by atoms with E-state index in [2.05, 4.69) is 32.1 Å². The van der Waals surface area contributed by atoms with Gasteiger partial charge in [0, 0.05) is 0 Å². The fraction of sp³-hybridized carbons (Fsp3) is 0.182. The summed E-state index contributed by atoms with van der Waals surface area (Å²) in [4.78, 5) is 3.95. The molecule has 2 rings (SSSR count). The van der Waals surface area contributed by atoms with Gasteiger partial charge in [0.2, 0.25) is 5.95 Å². The molecule has 0 bridgehead atoms. The van der Waals surface area contributed by atoms with Crippen LogP contribution in [0, 0.1) is 11.3 Å². The Balaban J connectivity index is 2.30. The molecule has 0 aliphatic heterocycles. The molecule has 2 aromatic rings. The first kappa shape index (κ1) is 12.4. The average molecular weight is 308 g/mol. The second kappa shape index (κ2) is 5.06. The van der Waals surface area contributed by atoms with Crippen molar-refractivity contribution in [3.63, 3.8) is 0 Å². The van der Waals surface area contributed by atoms with E-state index in [0.29, 0.717) is 22.6 Å². The van der Waals surface area contributed by atoms with Gasteiger partial charge in [-0.05, 0) is 33.6 Å². The van der Waals surface area contributed by atoms with Gasteiger partial charge in [0.05, 0.1) is 19.2 Å². The third kappa shape index (κ3) is 2.43. The highest BCUT2D eigenvalue weighted by atomic mass is 79.9. The second-order valence-electron chi connectivity index (χ2n) is 3.54. The van der Waals surface area contributed by atoms with Gasteiger partial charge in [-0.15, -0.1) is 5.10 Å². The highest BCUT2D eigenvalue weighted by Gasteiger charge is 2.08. The van der Waals surface area contributed by atoms with Crippen LogP contribution in [0.15, 0.2) is 22.9 Å². The summed E-state index contributed by atoms with van der Waals surface area (Å²) in [6.45, 7) is 0.493. The summed E-state index contributed by atoms with van der Waals surface area (Å²) in [5.41, 5.74) is 6.93. The van der Waals surface area contributed by atoms with Crippen molar-refractivity contribution in [2.24, 2.45) is 0 Å². The van der Waals surface area contributed by atoms with Crippen molar-refractivity contribution in [1.29, 1.82) is 5.26 Å². The highest BCUT2D eigenvalue weighted by Crippen LogP contribution is 2.20. The molecule has 0 atom stereocenters. The normalized spacial score (nSPS) is 10.1. The molecule has 7 heteroatoms. The molecule has 1 aromatic heterocycles. The average Bonchev–Trinajstić information content (AvgIpc) is 2.67. The first-order chi connectivity index (χ1) is 8.63. The van der Waals surface area contributed by atoms with E-state index in [1.807, 2.05) is 6.07 Å². The summed E-state index contributed by atoms with van der Waals surface area (Å²) >= 11 is 3.26. The van der Waals surface area contributed by atoms with Gasteiger partial charge in [0.1, 0.15) is 11.8 Å². The van der Waals surface area contributed by atoms with Gasteiger partial charge in [-0.1, -0.05) is 6.07 Å². The molecule has 0 spiro atoms. The fourth-order valence-corrected chi connectivity index (χ4v) is 1.93. The number of anilines is 1. The van der Waals surface area contributed by atoms with Crippen LogP contribution in [0.1, 0.15) is 11.1 Å². The molecule has 92 valence electrons. The number of hydrogen-bond donors (Lipinski definition) is 1. The van der Waals surface area contributed by atoms with E-state index in [4.69, 9.17) is 15.7 Å². The molecule has 0 amide bonds. The van der Waals surface area contributed by atoms with E-state index >= 15 is 0 Å². The summed E-state index contributed by atoms with van der Waals surface area (Å²) in [6, 6.07) is 7.41. The van der Waals surface area contributed by atoms with Crippen molar-refractivity contribution in [2.75, 3.05) is 12.8 Å². The summed E-state index contributed by atoms with van der Waals surface area (Å²) in [5, 5.41) is 12.9. The van der Waals surface area contributed by atoms with Gasteiger partial charge >= 0.3 is 0 Å². The van der Waals surface area contributed by atoms with Crippen molar-refractivity contribution < 1.29 is 4.74 Å². The largest absolute Gasteiger partial charge is 0.495 e. The molecule has 0 aliphatic rings. The van der Waals surface area contributed by atoms with Crippen molar-refractivity contribution in [2.45, 2.75) is 6.54 Å². The molecular weight excluding hydrogens is 298 g/mol. The van der Waals surface area contributed by atoms with Crippen LogP contribution in [0.2, 0.25) is 0 Å². The number of benzene rings is 1. The molecule has 0 fully saturated rings. The summed E-state index contributed by atoms with van der Waals surface area (Å²) < 4.78 is 7.33. The van der Waals surface area contributed by atoms with E-state index in [1.165, 1.54) is 7.11 Å². The number of hydrogen-bond acceptors (Lipinski definition) is 5. The Kier molecular flexibility index (Phi) is 3.48. The van der Waals surface area contributed by atoms with Crippen LogP contribution in [0.4, 0.5) is 5.95 Å². The van der Waals surface area contributed by atoms with Crippen LogP contribution in [0.5, 0.6) is 5.75 Å². The fourth-order valence-electron chi connectivity index (χ4n) is 1.54. The first-order valence-electron chi connectivity index (χ1n) is 5.07. The van der Waals surface area contributed by atoms with Crippen molar-refractivity contribution in [3.8, 4) is 11.8 Å². The van der Waals surface area contributed by atoms with Crippen LogP contribution in [0.25, 0.3) is 0 Å². The lowest BCUT2D eigenvalue weighted by atomic mass is 10.1. The lowest BCUT2D eigenvalue weighted by molar-refractivity contribution is 0.412. The van der Waals surface area contributed by atoms with Crippen molar-refractivity contribution >= 4 is 21.9 Å². The third-order valence-corrected chi connectivity index (χ3v) is 2.95. The number of nitriles is 1. The molecule has 18 heavy (non-hydrogen) atoms. The van der Waals surface area contributed by atoms with Crippen LogP contribution < -0.4 is 10.5 Å². The Labute approximate surface area is 112 Å². The number of nitrogens with zero attached hydrogens (tertiary/aromatic N) is 4. The van der Waals surface area contributed by atoms with E-state index in [1.54, 1.807) is 16.8 Å². The van der Waals surface area contributed by atoms with E-state index < -0.39 is 0 Å². The third-order valence-electron chi connectivity index (χ3n) is 2.36. The smallest absolute Gasteiger partial charge is 0.240 e. The number of nitrogen functional groups attached to an aromatic ring is 1. The maximum atomic E-state index is 8.90. The molecule has 0 saturated heterocycles. The first-order valence-corrected chi connectivity index (χ1v) is 5.86. The quantitative estimate of drug-likeness (QED) is 0.929. The Morgan fingerprint density at radius 3 is 2.89 bits per heavy atom. The molecule has 0 unspecified atom stereocenters. The topological polar surface area (TPSA) is 89.8 Å². The Bertz CT molecular complexity index is 616. The molecular formula is C11H10BrN5O. The minimum Gasteiger partial charge on any atom is -0.495 e. The second-order valence-corrected chi connectivity index (χ2v) is 4.25. The Hall–Kier alpha value is -2.07. The summed E-state index contributed by atoms with van der Waals surface area (Å²) in [6.07, 6.45) is 0. The minimum atomic E-state index is 0.211. The maximum Gasteiger partial charge on any atom is 0.240 e. The molecule has 2 N–H and O–H groups in total. The number of rotatable bonds is 3. The Morgan fingerprint density at radius 2 is 2.33 bits per heavy atom. The molecule has 0 saturated carbocycles. The molecule has 1 heterocycles. The molecule has 6 nitrogen and oxygen atoms in total. The summed E-state index contributed by atoms with van der Waals surface area (Å²) in [5.74, 6) is 0.752. The predicted octanol–water partition coefficient (Wildman–Crippen LogP) is 1.55. The number of methoxy groups -OCH3 is 1. The van der Waals surface area contributed by atoms with Gasteiger partial charge in [-0.3, -0.25) is 0 Å². The highest BCUT2D eigenvalue weighted by molar-refractivity contribution is 9.10. The molecule has 0 radical (unpaired) electrons. The number of aromatic nitrogens is 3. The number of ether oxygens (including phenoxy) is 1. The van der Waals surface area contributed by atoms with E-state index in [9.17, 15) is 0 Å².